The van der Waals surface area contributed by atoms with E-state index in [2.05, 4.69) is 0 Å². The Bertz CT molecular complexity index is 377. The molecule has 0 saturated carbocycles. The molecule has 1 N–H and O–H groups in total. The fourth-order valence-corrected chi connectivity index (χ4v) is 2.02. The highest BCUT2D eigenvalue weighted by Crippen LogP contribution is 2.46. The number of carbonyl (C=O) groups is 1. The number of thioether (sulfide) groups is 1. The summed E-state index contributed by atoms with van der Waals surface area (Å²) in [6.45, 7) is 1.04. The molecule has 6 heteroatoms. The molecule has 1 aromatic carbocycles. The third kappa shape index (κ3) is 2.91. The quantitative estimate of drug-likeness (QED) is 0.894. The van der Waals surface area contributed by atoms with Gasteiger partial charge in [-0.05, 0) is 24.2 Å². The van der Waals surface area contributed by atoms with Gasteiger partial charge in [-0.3, -0.25) is 4.79 Å². The zero-order valence-corrected chi connectivity index (χ0v) is 9.10. The number of rotatable bonds is 3. The topological polar surface area (TPSA) is 37.3 Å². The minimum absolute atomic E-state index is 0.116. The van der Waals surface area contributed by atoms with Gasteiger partial charge < -0.3 is 5.11 Å². The van der Waals surface area contributed by atoms with Crippen molar-refractivity contribution in [1.82, 2.24) is 0 Å². The molecule has 16 heavy (non-hydrogen) atoms. The molecule has 1 unspecified atom stereocenters. The number of benzene rings is 1. The van der Waals surface area contributed by atoms with Crippen LogP contribution in [0.1, 0.15) is 12.5 Å². The Morgan fingerprint density at radius 3 is 2.12 bits per heavy atom. The van der Waals surface area contributed by atoms with Gasteiger partial charge in [0.05, 0.1) is 0 Å². The zero-order valence-electron chi connectivity index (χ0n) is 8.28. The lowest BCUT2D eigenvalue weighted by Crippen LogP contribution is -2.32. The smallest absolute Gasteiger partial charge is 0.443 e. The summed E-state index contributed by atoms with van der Waals surface area (Å²) in [5.74, 6) is -1.51. The Hall–Kier alpha value is -1.17. The molecule has 0 aliphatic heterocycles. The van der Waals surface area contributed by atoms with E-state index in [1.807, 2.05) is 0 Å². The molecule has 0 fully saturated rings. The average Bonchev–Trinajstić information content (AvgIpc) is 2.16. The molecule has 0 heterocycles. The molecular formula is C10H9F3O2S. The van der Waals surface area contributed by atoms with Crippen molar-refractivity contribution >= 4 is 17.7 Å². The average molecular weight is 250 g/mol. The zero-order chi connectivity index (χ0) is 12.4. The second-order valence-corrected chi connectivity index (χ2v) is 4.74. The number of alkyl halides is 3. The van der Waals surface area contributed by atoms with E-state index in [0.29, 0.717) is 0 Å². The summed E-state index contributed by atoms with van der Waals surface area (Å²) in [7, 11) is 0. The first-order valence-corrected chi connectivity index (χ1v) is 5.13. The van der Waals surface area contributed by atoms with Crippen LogP contribution in [0.5, 0.6) is 0 Å². The number of carboxylic acids is 1. The molecule has 0 aromatic heterocycles. The molecule has 0 spiro atoms. The Labute approximate surface area is 94.5 Å². The molecular weight excluding hydrogens is 241 g/mol. The lowest BCUT2D eigenvalue weighted by molar-refractivity contribution is -0.140. The van der Waals surface area contributed by atoms with Crippen molar-refractivity contribution in [3.8, 4) is 0 Å². The van der Waals surface area contributed by atoms with Crippen LogP contribution in [0.4, 0.5) is 13.2 Å². The van der Waals surface area contributed by atoms with Crippen molar-refractivity contribution < 1.29 is 23.1 Å². The van der Waals surface area contributed by atoms with Gasteiger partial charge in [-0.2, -0.15) is 13.2 Å². The van der Waals surface area contributed by atoms with Gasteiger partial charge in [0.25, 0.3) is 0 Å². The van der Waals surface area contributed by atoms with Crippen molar-refractivity contribution in [2.45, 2.75) is 17.2 Å². The summed E-state index contributed by atoms with van der Waals surface area (Å²) in [6.07, 6.45) is 0. The molecule has 1 atom stereocenters. The van der Waals surface area contributed by atoms with E-state index in [9.17, 15) is 18.0 Å². The molecule has 2 nitrogen and oxygen atoms in total. The largest absolute Gasteiger partial charge is 0.480 e. The standard InChI is InChI=1S/C10H9F3O2S/c1-9(8(14)15,16-10(11,12)13)7-5-3-2-4-6-7/h2-6H,1H3,(H,14,15). The van der Waals surface area contributed by atoms with E-state index in [1.165, 1.54) is 24.3 Å². The van der Waals surface area contributed by atoms with Crippen LogP contribution < -0.4 is 0 Å². The van der Waals surface area contributed by atoms with Crippen molar-refractivity contribution in [3.05, 3.63) is 35.9 Å². The van der Waals surface area contributed by atoms with Crippen molar-refractivity contribution in [3.63, 3.8) is 0 Å². The maximum absolute atomic E-state index is 12.3. The Morgan fingerprint density at radius 2 is 1.75 bits per heavy atom. The van der Waals surface area contributed by atoms with Crippen LogP contribution in [0.2, 0.25) is 0 Å². The summed E-state index contributed by atoms with van der Waals surface area (Å²) >= 11 is -0.534. The van der Waals surface area contributed by atoms with E-state index in [1.54, 1.807) is 6.07 Å². The third-order valence-corrected chi connectivity index (χ3v) is 3.10. The van der Waals surface area contributed by atoms with E-state index in [-0.39, 0.29) is 5.56 Å². The molecule has 88 valence electrons. The van der Waals surface area contributed by atoms with Crippen LogP contribution in [0.3, 0.4) is 0 Å². The van der Waals surface area contributed by atoms with E-state index >= 15 is 0 Å². The minimum Gasteiger partial charge on any atom is -0.480 e. The van der Waals surface area contributed by atoms with Crippen LogP contribution in [-0.4, -0.2) is 16.6 Å². The normalized spacial score (nSPS) is 15.5. The second-order valence-electron chi connectivity index (χ2n) is 3.25. The van der Waals surface area contributed by atoms with Crippen LogP contribution >= 0.6 is 11.8 Å². The Morgan fingerprint density at radius 1 is 1.25 bits per heavy atom. The molecule has 0 amide bonds. The third-order valence-electron chi connectivity index (χ3n) is 2.05. The number of hydrogen-bond acceptors (Lipinski definition) is 2. The fraction of sp³-hybridized carbons (Fsp3) is 0.300. The van der Waals surface area contributed by atoms with Gasteiger partial charge in [0.15, 0.2) is 0 Å². The van der Waals surface area contributed by atoms with Gasteiger partial charge in [0, 0.05) is 0 Å². The summed E-state index contributed by atoms with van der Waals surface area (Å²) in [6, 6.07) is 7.37. The number of aliphatic carboxylic acids is 1. The Kier molecular flexibility index (Phi) is 3.52. The van der Waals surface area contributed by atoms with Crippen LogP contribution in [0.15, 0.2) is 30.3 Å². The van der Waals surface area contributed by atoms with Crippen LogP contribution in [-0.2, 0) is 9.54 Å². The van der Waals surface area contributed by atoms with Gasteiger partial charge >= 0.3 is 11.5 Å². The molecule has 1 rings (SSSR count). The molecule has 0 bridgehead atoms. The van der Waals surface area contributed by atoms with E-state index in [4.69, 9.17) is 5.11 Å². The highest BCUT2D eigenvalue weighted by Gasteiger charge is 2.46. The minimum atomic E-state index is -4.59. The number of carboxylic acid groups (broad SMARTS) is 1. The summed E-state index contributed by atoms with van der Waals surface area (Å²) in [4.78, 5) is 11.0. The van der Waals surface area contributed by atoms with Gasteiger partial charge in [-0.25, -0.2) is 0 Å². The maximum Gasteiger partial charge on any atom is 0.443 e. The van der Waals surface area contributed by atoms with Crippen molar-refractivity contribution in [1.29, 1.82) is 0 Å². The molecule has 1 aromatic rings. The SMILES string of the molecule is CC(SC(F)(F)F)(C(=O)O)c1ccccc1. The number of halogens is 3. The predicted molar refractivity (Wildman–Crippen MR) is 55.1 cm³/mol. The lowest BCUT2D eigenvalue weighted by atomic mass is 10.0. The molecule has 0 radical (unpaired) electrons. The second kappa shape index (κ2) is 4.37. The van der Waals surface area contributed by atoms with Gasteiger partial charge in [-0.1, -0.05) is 30.3 Å². The first kappa shape index (κ1) is 12.9. The predicted octanol–water partition coefficient (Wildman–Crippen LogP) is 3.24. The van der Waals surface area contributed by atoms with Crippen LogP contribution in [0, 0.1) is 0 Å². The fourth-order valence-electron chi connectivity index (χ4n) is 1.21. The number of hydrogen-bond donors (Lipinski definition) is 1. The van der Waals surface area contributed by atoms with Crippen molar-refractivity contribution in [2.24, 2.45) is 0 Å². The molecule has 0 aliphatic rings. The first-order valence-electron chi connectivity index (χ1n) is 4.31. The maximum atomic E-state index is 12.3. The highest BCUT2D eigenvalue weighted by molar-refractivity contribution is 8.01. The van der Waals surface area contributed by atoms with Crippen LogP contribution in [0.25, 0.3) is 0 Å². The monoisotopic (exact) mass is 250 g/mol. The van der Waals surface area contributed by atoms with E-state index < -0.39 is 28.0 Å². The lowest BCUT2D eigenvalue weighted by Gasteiger charge is -2.25. The molecule has 0 saturated heterocycles. The molecule has 0 aliphatic carbocycles. The van der Waals surface area contributed by atoms with E-state index in [0.717, 1.165) is 6.92 Å². The summed E-state index contributed by atoms with van der Waals surface area (Å²) in [5, 5.41) is 8.93. The van der Waals surface area contributed by atoms with Crippen molar-refractivity contribution in [2.75, 3.05) is 0 Å². The Balaban J connectivity index is 3.13. The van der Waals surface area contributed by atoms with Gasteiger partial charge in [0.2, 0.25) is 0 Å². The summed E-state index contributed by atoms with van der Waals surface area (Å²) < 4.78 is 34.9. The highest BCUT2D eigenvalue weighted by atomic mass is 32.2. The first-order chi connectivity index (χ1) is 7.26. The summed E-state index contributed by atoms with van der Waals surface area (Å²) in [5.41, 5.74) is -4.48. The van der Waals surface area contributed by atoms with Gasteiger partial charge in [0.1, 0.15) is 4.75 Å². The van der Waals surface area contributed by atoms with Gasteiger partial charge in [-0.15, -0.1) is 0 Å².